The van der Waals surface area contributed by atoms with E-state index in [0.29, 0.717) is 0 Å². The van der Waals surface area contributed by atoms with E-state index in [1.807, 2.05) is 11.8 Å². The van der Waals surface area contributed by atoms with E-state index in [1.165, 1.54) is 16.1 Å². The van der Waals surface area contributed by atoms with Crippen molar-refractivity contribution < 1.29 is 51.0 Å². The zero-order chi connectivity index (χ0) is 19.1. The number of thioether (sulfide) groups is 1. The van der Waals surface area contributed by atoms with Gasteiger partial charge in [-0.15, -0.1) is 18.2 Å². The van der Waals surface area contributed by atoms with Crippen LogP contribution in [0.15, 0.2) is 40.4 Å². The Bertz CT molecular complexity index is 649. The molecule has 1 atom stereocenters. The zero-order valence-electron chi connectivity index (χ0n) is 18.8. The average Bonchev–Trinajstić information content (AvgIpc) is 2.86. The van der Waals surface area contributed by atoms with Gasteiger partial charge in [0.15, 0.2) is 8.32 Å². The number of allylic oxidation sites excluding steroid dienone is 5. The fourth-order valence-electron chi connectivity index (χ4n) is 3.33. The van der Waals surface area contributed by atoms with E-state index in [9.17, 15) is 0 Å². The summed E-state index contributed by atoms with van der Waals surface area (Å²) in [6.07, 6.45) is 14.5. The monoisotopic (exact) mass is 493 g/mol. The van der Waals surface area contributed by atoms with Crippen molar-refractivity contribution in [1.29, 1.82) is 0 Å². The van der Waals surface area contributed by atoms with E-state index in [-0.39, 0.29) is 62.3 Å². The molecule has 2 aliphatic rings. The van der Waals surface area contributed by atoms with Crippen LogP contribution in [0.3, 0.4) is 0 Å². The Kier molecular flexibility index (Phi) is 12.0. The summed E-state index contributed by atoms with van der Waals surface area (Å²) in [4.78, 5) is 0.912. The Balaban J connectivity index is 0. The van der Waals surface area contributed by atoms with Crippen molar-refractivity contribution in [1.82, 2.24) is 0 Å². The molecule has 0 heterocycles. The molecule has 0 aliphatic heterocycles. The van der Waals surface area contributed by atoms with Crippen molar-refractivity contribution in [3.05, 3.63) is 46.4 Å². The Morgan fingerprint density at radius 3 is 2.00 bits per heavy atom. The van der Waals surface area contributed by atoms with E-state index in [0.717, 1.165) is 12.8 Å². The quantitative estimate of drug-likeness (QED) is 0.331. The second-order valence-corrected chi connectivity index (χ2v) is 15.9. The molecule has 1 unspecified atom stereocenters. The van der Waals surface area contributed by atoms with Gasteiger partial charge in [-0.25, -0.2) is 6.08 Å². The van der Waals surface area contributed by atoms with E-state index in [2.05, 4.69) is 91.6 Å². The smallest absolute Gasteiger partial charge is 1.00 e. The maximum absolute atomic E-state index is 6.92. The molecular weight excluding hydrogens is 459 g/mol. The molecule has 2 rings (SSSR count). The van der Waals surface area contributed by atoms with Crippen LogP contribution < -0.4 is 24.8 Å². The van der Waals surface area contributed by atoms with Crippen molar-refractivity contribution >= 4 is 20.1 Å². The van der Waals surface area contributed by atoms with Crippen LogP contribution in [0.1, 0.15) is 54.4 Å². The van der Waals surface area contributed by atoms with Gasteiger partial charge in [0.1, 0.15) is 4.93 Å². The molecule has 6 heteroatoms. The first kappa shape index (κ1) is 31.0. The molecule has 0 bridgehead atoms. The number of rotatable bonds is 4. The maximum Gasteiger partial charge on any atom is 3.00 e. The van der Waals surface area contributed by atoms with Crippen molar-refractivity contribution in [3.8, 4) is 0 Å². The van der Waals surface area contributed by atoms with Crippen molar-refractivity contribution in [2.45, 2.75) is 79.0 Å². The molecule has 0 amide bonds. The third-order valence-electron chi connectivity index (χ3n) is 4.38. The van der Waals surface area contributed by atoms with E-state index in [4.69, 9.17) is 4.43 Å². The van der Waals surface area contributed by atoms with Crippen LogP contribution in [0.4, 0.5) is 0 Å². The molecule has 0 fully saturated rings. The number of hydrogen-bond acceptors (Lipinski definition) is 2. The van der Waals surface area contributed by atoms with Gasteiger partial charge in [0, 0.05) is 6.42 Å². The minimum atomic E-state index is -1.73. The van der Waals surface area contributed by atoms with E-state index in [1.54, 1.807) is 0 Å². The van der Waals surface area contributed by atoms with Crippen LogP contribution in [0.2, 0.25) is 19.6 Å². The summed E-state index contributed by atoms with van der Waals surface area (Å²) in [5.41, 5.74) is 3.05. The molecule has 0 aromatic carbocycles. The SMILES string of the molecule is CC(C)(C)C1=CCC(O[Si](C)(C)C)(SC2=[C-]CC=C2)C(C(C)(C)C)=C1.[Cl-].[Cl-].[Ti+3]. The summed E-state index contributed by atoms with van der Waals surface area (Å²) >= 11 is 1.87. The summed E-state index contributed by atoms with van der Waals surface area (Å²) in [7, 11) is -1.73. The van der Waals surface area contributed by atoms with Gasteiger partial charge in [0.05, 0.1) is 0 Å². The van der Waals surface area contributed by atoms with E-state index < -0.39 is 8.32 Å². The second-order valence-electron chi connectivity index (χ2n) is 10.1. The molecule has 0 saturated heterocycles. The van der Waals surface area contributed by atoms with Crippen molar-refractivity contribution in [3.63, 3.8) is 0 Å². The Hall–Kier alpha value is 0.781. The summed E-state index contributed by atoms with van der Waals surface area (Å²) in [5, 5.41) is 0. The van der Waals surface area contributed by atoms with Crippen LogP contribution in [0.5, 0.6) is 0 Å². The zero-order valence-corrected chi connectivity index (χ0v) is 23.7. The van der Waals surface area contributed by atoms with Gasteiger partial charge >= 0.3 is 21.7 Å². The van der Waals surface area contributed by atoms with Crippen molar-refractivity contribution in [2.24, 2.45) is 10.8 Å². The first-order valence-electron chi connectivity index (χ1n) is 9.33. The summed E-state index contributed by atoms with van der Waals surface area (Å²) < 4.78 is 6.92. The summed E-state index contributed by atoms with van der Waals surface area (Å²) in [6.45, 7) is 20.7. The molecule has 2 aliphatic carbocycles. The molecule has 1 radical (unpaired) electrons. The molecule has 157 valence electrons. The molecule has 0 aromatic rings. The van der Waals surface area contributed by atoms with E-state index >= 15 is 0 Å². The molecule has 0 saturated carbocycles. The molecule has 0 N–H and O–H groups in total. The summed E-state index contributed by atoms with van der Waals surface area (Å²) in [5.74, 6) is 0. The van der Waals surface area contributed by atoms with Gasteiger partial charge in [-0.1, -0.05) is 53.7 Å². The largest absolute Gasteiger partial charge is 3.00 e. The number of halogens is 2. The Morgan fingerprint density at radius 1 is 1.04 bits per heavy atom. The van der Waals surface area contributed by atoms with Gasteiger partial charge in [-0.05, 0) is 41.6 Å². The van der Waals surface area contributed by atoms with Crippen LogP contribution in [0, 0.1) is 16.9 Å². The molecule has 0 aromatic heterocycles. The van der Waals surface area contributed by atoms with Crippen LogP contribution in [-0.2, 0) is 26.1 Å². The van der Waals surface area contributed by atoms with Gasteiger partial charge in [-0.2, -0.15) is 11.0 Å². The molecule has 28 heavy (non-hydrogen) atoms. The average molecular weight is 494 g/mol. The Labute approximate surface area is 206 Å². The maximum atomic E-state index is 6.92. The van der Waals surface area contributed by atoms with Gasteiger partial charge in [0.2, 0.25) is 0 Å². The predicted octanol–water partition coefficient (Wildman–Crippen LogP) is 1.27. The first-order valence-corrected chi connectivity index (χ1v) is 13.6. The number of hydrogen-bond donors (Lipinski definition) is 0. The van der Waals surface area contributed by atoms with Crippen LogP contribution in [-0.4, -0.2) is 13.3 Å². The minimum absolute atomic E-state index is 0. The normalized spacial score (nSPS) is 22.2. The fourth-order valence-corrected chi connectivity index (χ4v) is 6.75. The third-order valence-corrected chi connectivity index (χ3v) is 6.79. The molecular formula is C22H35Cl2OSSiTi. The van der Waals surface area contributed by atoms with Gasteiger partial charge in [0.25, 0.3) is 0 Å². The summed E-state index contributed by atoms with van der Waals surface area (Å²) in [6, 6.07) is 0. The first-order chi connectivity index (χ1) is 11.2. The third kappa shape index (κ3) is 8.13. The molecule has 1 nitrogen and oxygen atoms in total. The van der Waals surface area contributed by atoms with Gasteiger partial charge in [-0.3, -0.25) is 6.08 Å². The fraction of sp³-hybridized carbons (Fsp3) is 0.636. The standard InChI is InChI=1S/C22H35OSSi.2ClH.Ti/c1-20(2,3)17-14-15-22(23-25(7,8)9,19(16-17)21(4,5)6)24-18-12-10-11-13-18;;;/h10,12,14,16H,11,15H2,1-9H3;2*1H;/q-1;;;+3/p-2. The van der Waals surface area contributed by atoms with Crippen LogP contribution >= 0.6 is 11.8 Å². The van der Waals surface area contributed by atoms with Crippen molar-refractivity contribution in [2.75, 3.05) is 0 Å². The van der Waals surface area contributed by atoms with Gasteiger partial charge < -0.3 is 29.2 Å². The Morgan fingerprint density at radius 2 is 1.61 bits per heavy atom. The topological polar surface area (TPSA) is 9.23 Å². The minimum Gasteiger partial charge on any atom is -1.00 e. The predicted molar refractivity (Wildman–Crippen MR) is 115 cm³/mol. The van der Waals surface area contributed by atoms with Crippen LogP contribution in [0.25, 0.3) is 0 Å². The second kappa shape index (κ2) is 10.9. The molecule has 0 spiro atoms.